The number of nitrogens with one attached hydrogen (secondary N) is 2. The summed E-state index contributed by atoms with van der Waals surface area (Å²) in [5.74, 6) is -0.214. The van der Waals surface area contributed by atoms with Crippen LogP contribution in [0.2, 0.25) is 0 Å². The Balaban J connectivity index is 1.53. The average molecular weight is 372 g/mol. The lowest BCUT2D eigenvalue weighted by molar-refractivity contribution is -0.114. The third-order valence-electron chi connectivity index (χ3n) is 4.86. The highest BCUT2D eigenvalue weighted by molar-refractivity contribution is 7.10. The predicted octanol–water partition coefficient (Wildman–Crippen LogP) is 3.44. The molecule has 1 aromatic carbocycles. The molecule has 6 heteroatoms. The van der Waals surface area contributed by atoms with Crippen LogP contribution >= 0.6 is 11.3 Å². The second-order valence-corrected chi connectivity index (χ2v) is 7.74. The van der Waals surface area contributed by atoms with Gasteiger partial charge in [0.05, 0.1) is 0 Å². The molecule has 0 saturated carbocycles. The van der Waals surface area contributed by atoms with Crippen molar-refractivity contribution in [2.75, 3.05) is 18.4 Å². The van der Waals surface area contributed by atoms with Crippen molar-refractivity contribution in [1.29, 1.82) is 0 Å². The maximum absolute atomic E-state index is 12.3. The van der Waals surface area contributed by atoms with Gasteiger partial charge in [0, 0.05) is 48.2 Å². The molecule has 0 radical (unpaired) electrons. The normalized spacial score (nSPS) is 19.7. The molecular formula is C20H25N3O2S. The highest BCUT2D eigenvalue weighted by atomic mass is 32.1. The molecule has 0 aliphatic carbocycles. The fourth-order valence-corrected chi connectivity index (χ4v) is 4.59. The van der Waals surface area contributed by atoms with Gasteiger partial charge in [-0.05, 0) is 61.5 Å². The molecule has 1 aliphatic rings. The van der Waals surface area contributed by atoms with Crippen LogP contribution in [0.4, 0.5) is 5.69 Å². The molecule has 2 aromatic rings. The first-order valence-corrected chi connectivity index (χ1v) is 9.81. The maximum Gasteiger partial charge on any atom is 0.251 e. The molecule has 3 rings (SSSR count). The van der Waals surface area contributed by atoms with Gasteiger partial charge in [0.2, 0.25) is 5.91 Å². The summed E-state index contributed by atoms with van der Waals surface area (Å²) < 4.78 is 0. The number of benzene rings is 1. The van der Waals surface area contributed by atoms with Crippen LogP contribution in [0.25, 0.3) is 0 Å². The molecule has 0 unspecified atom stereocenters. The van der Waals surface area contributed by atoms with Crippen LogP contribution in [0.5, 0.6) is 0 Å². The molecule has 0 saturated heterocycles. The van der Waals surface area contributed by atoms with E-state index in [1.54, 1.807) is 24.3 Å². The van der Waals surface area contributed by atoms with Gasteiger partial charge in [-0.2, -0.15) is 0 Å². The first-order valence-electron chi connectivity index (χ1n) is 8.93. The maximum atomic E-state index is 12.3. The number of fused-ring (bicyclic) bond motifs is 1. The van der Waals surface area contributed by atoms with Gasteiger partial charge in [0.15, 0.2) is 0 Å². The van der Waals surface area contributed by atoms with E-state index in [1.807, 2.05) is 11.3 Å². The Labute approximate surface area is 158 Å². The van der Waals surface area contributed by atoms with E-state index >= 15 is 0 Å². The first kappa shape index (κ1) is 18.6. The fourth-order valence-electron chi connectivity index (χ4n) is 3.57. The standard InChI is InChI=1S/C20H25N3O2S/c1-13-12-17-8-11-26-19(17)14(2)23(13)10-9-21-20(25)16-4-6-18(7-5-16)22-15(3)24/h4-8,11,13-14H,9-10,12H2,1-3H3,(H,21,25)(H,22,24)/t13-,14+/m1/s1. The Kier molecular flexibility index (Phi) is 5.74. The number of hydrogen-bond acceptors (Lipinski definition) is 4. The first-order chi connectivity index (χ1) is 12.5. The topological polar surface area (TPSA) is 61.4 Å². The van der Waals surface area contributed by atoms with E-state index in [0.29, 0.717) is 29.9 Å². The summed E-state index contributed by atoms with van der Waals surface area (Å²) in [7, 11) is 0. The van der Waals surface area contributed by atoms with Crippen molar-refractivity contribution in [2.24, 2.45) is 0 Å². The molecule has 0 bridgehead atoms. The van der Waals surface area contributed by atoms with Crippen LogP contribution in [-0.4, -0.2) is 35.8 Å². The Hall–Kier alpha value is -2.18. The van der Waals surface area contributed by atoms with Gasteiger partial charge >= 0.3 is 0 Å². The van der Waals surface area contributed by atoms with Crippen LogP contribution in [0.3, 0.4) is 0 Å². The third kappa shape index (κ3) is 4.14. The van der Waals surface area contributed by atoms with E-state index in [2.05, 4.69) is 40.8 Å². The summed E-state index contributed by atoms with van der Waals surface area (Å²) in [6.07, 6.45) is 1.07. The summed E-state index contributed by atoms with van der Waals surface area (Å²) in [5.41, 5.74) is 2.76. The molecule has 26 heavy (non-hydrogen) atoms. The van der Waals surface area contributed by atoms with Gasteiger partial charge in [-0.15, -0.1) is 11.3 Å². The van der Waals surface area contributed by atoms with Gasteiger partial charge < -0.3 is 10.6 Å². The third-order valence-corrected chi connectivity index (χ3v) is 5.99. The summed E-state index contributed by atoms with van der Waals surface area (Å²) in [6, 6.07) is 10.0. The van der Waals surface area contributed by atoms with Gasteiger partial charge in [0.25, 0.3) is 5.91 Å². The number of carbonyl (C=O) groups excluding carboxylic acids is 2. The van der Waals surface area contributed by atoms with Crippen molar-refractivity contribution >= 4 is 28.8 Å². The Morgan fingerprint density at radius 2 is 1.92 bits per heavy atom. The van der Waals surface area contributed by atoms with E-state index in [9.17, 15) is 9.59 Å². The molecule has 2 N–H and O–H groups in total. The number of nitrogens with zero attached hydrogens (tertiary/aromatic N) is 1. The molecule has 2 heterocycles. The minimum atomic E-state index is -0.124. The number of hydrogen-bond donors (Lipinski definition) is 2. The van der Waals surface area contributed by atoms with E-state index in [4.69, 9.17) is 0 Å². The van der Waals surface area contributed by atoms with Crippen LogP contribution in [0.1, 0.15) is 47.6 Å². The largest absolute Gasteiger partial charge is 0.351 e. The number of thiophene rings is 1. The Morgan fingerprint density at radius 3 is 2.62 bits per heavy atom. The number of carbonyl (C=O) groups is 2. The SMILES string of the molecule is CC(=O)Nc1ccc(C(=O)NCCN2[C@H](C)Cc3ccsc3[C@@H]2C)cc1. The lowest BCUT2D eigenvalue weighted by atomic mass is 9.97. The number of rotatable bonds is 5. The zero-order chi connectivity index (χ0) is 18.7. The van der Waals surface area contributed by atoms with Crippen molar-refractivity contribution in [3.8, 4) is 0 Å². The number of amides is 2. The number of anilines is 1. The average Bonchev–Trinajstić information content (AvgIpc) is 3.06. The molecule has 138 valence electrons. The Morgan fingerprint density at radius 1 is 1.19 bits per heavy atom. The van der Waals surface area contributed by atoms with E-state index < -0.39 is 0 Å². The quantitative estimate of drug-likeness (QED) is 0.846. The van der Waals surface area contributed by atoms with Crippen LogP contribution in [-0.2, 0) is 11.2 Å². The minimum Gasteiger partial charge on any atom is -0.351 e. The van der Waals surface area contributed by atoms with Crippen LogP contribution < -0.4 is 10.6 Å². The summed E-state index contributed by atoms with van der Waals surface area (Å²) >= 11 is 1.82. The Bertz CT molecular complexity index is 785. The highest BCUT2D eigenvalue weighted by Gasteiger charge is 2.29. The highest BCUT2D eigenvalue weighted by Crippen LogP contribution is 2.35. The smallest absolute Gasteiger partial charge is 0.251 e. The fraction of sp³-hybridized carbons (Fsp3) is 0.400. The predicted molar refractivity (Wildman–Crippen MR) is 106 cm³/mol. The van der Waals surface area contributed by atoms with Crippen LogP contribution in [0, 0.1) is 0 Å². The van der Waals surface area contributed by atoms with Gasteiger partial charge in [0.1, 0.15) is 0 Å². The van der Waals surface area contributed by atoms with Crippen LogP contribution in [0.15, 0.2) is 35.7 Å². The summed E-state index contributed by atoms with van der Waals surface area (Å²) in [4.78, 5) is 27.3. The zero-order valence-corrected chi connectivity index (χ0v) is 16.2. The summed E-state index contributed by atoms with van der Waals surface area (Å²) in [6.45, 7) is 7.40. The van der Waals surface area contributed by atoms with E-state index in [1.165, 1.54) is 17.4 Å². The molecular weight excluding hydrogens is 346 g/mol. The molecule has 2 atom stereocenters. The van der Waals surface area contributed by atoms with Crippen molar-refractivity contribution in [3.05, 3.63) is 51.7 Å². The molecule has 0 fully saturated rings. The summed E-state index contributed by atoms with van der Waals surface area (Å²) in [5, 5.41) is 7.87. The van der Waals surface area contributed by atoms with Gasteiger partial charge in [-0.3, -0.25) is 14.5 Å². The molecule has 0 spiro atoms. The second kappa shape index (κ2) is 8.01. The van der Waals surface area contributed by atoms with E-state index in [0.717, 1.165) is 13.0 Å². The molecule has 2 amide bonds. The van der Waals surface area contributed by atoms with E-state index in [-0.39, 0.29) is 11.8 Å². The molecule has 1 aromatic heterocycles. The zero-order valence-electron chi connectivity index (χ0n) is 15.4. The van der Waals surface area contributed by atoms with Crippen molar-refractivity contribution < 1.29 is 9.59 Å². The lowest BCUT2D eigenvalue weighted by Crippen LogP contribution is -2.44. The van der Waals surface area contributed by atoms with Gasteiger partial charge in [-0.1, -0.05) is 0 Å². The molecule has 5 nitrogen and oxygen atoms in total. The lowest BCUT2D eigenvalue weighted by Gasteiger charge is -2.38. The van der Waals surface area contributed by atoms with Crippen molar-refractivity contribution in [1.82, 2.24) is 10.2 Å². The van der Waals surface area contributed by atoms with Crippen molar-refractivity contribution in [3.63, 3.8) is 0 Å². The molecule has 1 aliphatic heterocycles. The van der Waals surface area contributed by atoms with Gasteiger partial charge in [-0.25, -0.2) is 0 Å². The minimum absolute atomic E-state index is 0.0893. The van der Waals surface area contributed by atoms with Crippen molar-refractivity contribution in [2.45, 2.75) is 39.3 Å². The monoisotopic (exact) mass is 371 g/mol. The second-order valence-electron chi connectivity index (χ2n) is 6.79.